The molecule has 0 spiro atoms. The Kier molecular flexibility index (Phi) is 5.81. The summed E-state index contributed by atoms with van der Waals surface area (Å²) in [6.07, 6.45) is 3.87. The lowest BCUT2D eigenvalue weighted by atomic mass is 9.88. The molecule has 0 saturated heterocycles. The van der Waals surface area contributed by atoms with Crippen LogP contribution in [0.4, 0.5) is 0 Å². The molecule has 0 unspecified atom stereocenters. The molecule has 6 nitrogen and oxygen atoms in total. The van der Waals surface area contributed by atoms with E-state index in [1.54, 1.807) is 0 Å². The normalized spacial score (nSPS) is 19.6. The Morgan fingerprint density at radius 2 is 1.94 bits per heavy atom. The molecule has 0 aromatic heterocycles. The van der Waals surface area contributed by atoms with Gasteiger partial charge in [-0.1, -0.05) is 12.8 Å². The number of aliphatic hydroxyl groups is 1. The minimum Gasteiger partial charge on any atom is -0.396 e. The van der Waals surface area contributed by atoms with Crippen LogP contribution in [0.25, 0.3) is 0 Å². The molecule has 1 saturated carbocycles. The highest BCUT2D eigenvalue weighted by Gasteiger charge is 2.34. The van der Waals surface area contributed by atoms with Crippen molar-refractivity contribution in [2.75, 3.05) is 33.4 Å². The Balaban J connectivity index is 2.37. The molecule has 0 heterocycles. The Bertz CT molecular complexity index is 312. The van der Waals surface area contributed by atoms with Crippen molar-refractivity contribution in [3.8, 4) is 0 Å². The van der Waals surface area contributed by atoms with Gasteiger partial charge in [0.15, 0.2) is 0 Å². The number of rotatable bonds is 8. The predicted molar refractivity (Wildman–Crippen MR) is 64.8 cm³/mol. The van der Waals surface area contributed by atoms with Gasteiger partial charge in [0.2, 0.25) is 0 Å². The summed E-state index contributed by atoms with van der Waals surface area (Å²) in [5, 5.41) is 9.35. The molecule has 1 rings (SSSR count). The van der Waals surface area contributed by atoms with Crippen LogP contribution in [0.3, 0.4) is 0 Å². The standard InChI is InChI=1S/C10H22N2O4S/c1-16-7-6-11-17(14,15)12-8-10(9-13)4-2-3-5-10/h11-13H,2-9H2,1H3. The minimum absolute atomic E-state index is 0.0353. The second-order valence-electron chi connectivity index (χ2n) is 4.58. The van der Waals surface area contributed by atoms with E-state index in [9.17, 15) is 13.5 Å². The summed E-state index contributed by atoms with van der Waals surface area (Å²) >= 11 is 0. The maximum atomic E-state index is 11.6. The van der Waals surface area contributed by atoms with E-state index in [0.717, 1.165) is 25.7 Å². The van der Waals surface area contributed by atoms with Crippen LogP contribution in [0.1, 0.15) is 25.7 Å². The van der Waals surface area contributed by atoms with E-state index < -0.39 is 10.2 Å². The van der Waals surface area contributed by atoms with Gasteiger partial charge in [-0.2, -0.15) is 13.1 Å². The third-order valence-corrected chi connectivity index (χ3v) is 4.34. The largest absolute Gasteiger partial charge is 0.396 e. The molecule has 0 atom stereocenters. The van der Waals surface area contributed by atoms with Gasteiger partial charge in [-0.25, -0.2) is 4.72 Å². The summed E-state index contributed by atoms with van der Waals surface area (Å²) in [6.45, 7) is 0.920. The summed E-state index contributed by atoms with van der Waals surface area (Å²) in [5.41, 5.74) is -0.268. The maximum Gasteiger partial charge on any atom is 0.277 e. The van der Waals surface area contributed by atoms with Gasteiger partial charge in [0.25, 0.3) is 10.2 Å². The molecule has 7 heteroatoms. The highest BCUT2D eigenvalue weighted by atomic mass is 32.2. The quantitative estimate of drug-likeness (QED) is 0.522. The van der Waals surface area contributed by atoms with Crippen molar-refractivity contribution in [2.24, 2.45) is 5.41 Å². The molecule has 0 aromatic carbocycles. The van der Waals surface area contributed by atoms with E-state index >= 15 is 0 Å². The predicted octanol–water partition coefficient (Wildman–Crippen LogP) is -0.390. The fourth-order valence-electron chi connectivity index (χ4n) is 2.09. The van der Waals surface area contributed by atoms with Crippen LogP contribution in [-0.2, 0) is 14.9 Å². The summed E-state index contributed by atoms with van der Waals surface area (Å²) in [7, 11) is -1.97. The van der Waals surface area contributed by atoms with E-state index in [1.807, 2.05) is 0 Å². The molecule has 1 aliphatic carbocycles. The molecule has 3 N–H and O–H groups in total. The minimum atomic E-state index is -3.48. The van der Waals surface area contributed by atoms with Crippen LogP contribution >= 0.6 is 0 Å². The van der Waals surface area contributed by atoms with Crippen molar-refractivity contribution < 1.29 is 18.3 Å². The molecule has 0 aliphatic heterocycles. The number of nitrogens with one attached hydrogen (secondary N) is 2. The number of hydrogen-bond acceptors (Lipinski definition) is 4. The van der Waals surface area contributed by atoms with Crippen LogP contribution in [0.2, 0.25) is 0 Å². The number of hydrogen-bond donors (Lipinski definition) is 3. The molecular weight excluding hydrogens is 244 g/mol. The highest BCUT2D eigenvalue weighted by Crippen LogP contribution is 2.36. The lowest BCUT2D eigenvalue weighted by Crippen LogP contribution is -2.44. The lowest BCUT2D eigenvalue weighted by molar-refractivity contribution is 0.134. The smallest absolute Gasteiger partial charge is 0.277 e. The molecule has 1 aliphatic rings. The van der Waals surface area contributed by atoms with Crippen molar-refractivity contribution in [1.82, 2.24) is 9.44 Å². The Morgan fingerprint density at radius 1 is 1.29 bits per heavy atom. The molecule has 1 fully saturated rings. The van der Waals surface area contributed by atoms with E-state index in [4.69, 9.17) is 4.74 Å². The molecule has 0 radical (unpaired) electrons. The molecular formula is C10H22N2O4S. The summed E-state index contributed by atoms with van der Waals surface area (Å²) < 4.78 is 32.8. The van der Waals surface area contributed by atoms with E-state index in [2.05, 4.69) is 9.44 Å². The Labute approximate surface area is 103 Å². The first-order valence-corrected chi connectivity index (χ1v) is 7.36. The third-order valence-electron chi connectivity index (χ3n) is 3.24. The van der Waals surface area contributed by atoms with Gasteiger partial charge in [-0.05, 0) is 12.8 Å². The van der Waals surface area contributed by atoms with Crippen LogP contribution < -0.4 is 9.44 Å². The molecule has 17 heavy (non-hydrogen) atoms. The lowest BCUT2D eigenvalue weighted by Gasteiger charge is -2.26. The van der Waals surface area contributed by atoms with Crippen LogP contribution in [0, 0.1) is 5.41 Å². The Hall–Kier alpha value is -0.210. The van der Waals surface area contributed by atoms with Crippen molar-refractivity contribution in [2.45, 2.75) is 25.7 Å². The zero-order valence-electron chi connectivity index (χ0n) is 10.2. The molecule has 102 valence electrons. The van der Waals surface area contributed by atoms with Crippen molar-refractivity contribution >= 4 is 10.2 Å². The fourth-order valence-corrected chi connectivity index (χ4v) is 3.04. The average Bonchev–Trinajstić information content (AvgIpc) is 2.76. The van der Waals surface area contributed by atoms with Crippen LogP contribution in [0.15, 0.2) is 0 Å². The van der Waals surface area contributed by atoms with Gasteiger partial charge >= 0.3 is 0 Å². The number of ether oxygens (including phenoxy) is 1. The first-order valence-electron chi connectivity index (χ1n) is 5.88. The fraction of sp³-hybridized carbons (Fsp3) is 1.00. The molecule has 0 aromatic rings. The SMILES string of the molecule is COCCNS(=O)(=O)NCC1(CO)CCCC1. The monoisotopic (exact) mass is 266 g/mol. The van der Waals surface area contributed by atoms with Crippen LogP contribution in [-0.4, -0.2) is 46.9 Å². The van der Waals surface area contributed by atoms with E-state index in [1.165, 1.54) is 7.11 Å². The first kappa shape index (κ1) is 14.8. The van der Waals surface area contributed by atoms with Gasteiger partial charge in [-0.3, -0.25) is 0 Å². The van der Waals surface area contributed by atoms with Crippen molar-refractivity contribution in [1.29, 1.82) is 0 Å². The average molecular weight is 266 g/mol. The summed E-state index contributed by atoms with van der Waals surface area (Å²) in [5.74, 6) is 0. The highest BCUT2D eigenvalue weighted by molar-refractivity contribution is 7.87. The van der Waals surface area contributed by atoms with Gasteiger partial charge < -0.3 is 9.84 Å². The zero-order chi connectivity index (χ0) is 12.8. The van der Waals surface area contributed by atoms with E-state index in [-0.39, 0.29) is 18.6 Å². The van der Waals surface area contributed by atoms with Gasteiger partial charge in [0.1, 0.15) is 0 Å². The maximum absolute atomic E-state index is 11.6. The topological polar surface area (TPSA) is 87.7 Å². The summed E-state index contributed by atoms with van der Waals surface area (Å²) in [4.78, 5) is 0. The van der Waals surface area contributed by atoms with Crippen molar-refractivity contribution in [3.63, 3.8) is 0 Å². The molecule has 0 amide bonds. The second-order valence-corrected chi connectivity index (χ2v) is 6.16. The third kappa shape index (κ3) is 4.89. The molecule has 0 bridgehead atoms. The summed E-state index contributed by atoms with van der Waals surface area (Å²) in [6, 6.07) is 0. The van der Waals surface area contributed by atoms with Gasteiger partial charge in [0.05, 0.1) is 6.61 Å². The van der Waals surface area contributed by atoms with Crippen molar-refractivity contribution in [3.05, 3.63) is 0 Å². The first-order chi connectivity index (χ1) is 8.04. The second kappa shape index (κ2) is 6.65. The number of aliphatic hydroxyl groups excluding tert-OH is 1. The van der Waals surface area contributed by atoms with Gasteiger partial charge in [-0.15, -0.1) is 0 Å². The van der Waals surface area contributed by atoms with Crippen LogP contribution in [0.5, 0.6) is 0 Å². The Morgan fingerprint density at radius 3 is 2.47 bits per heavy atom. The number of methoxy groups -OCH3 is 1. The zero-order valence-corrected chi connectivity index (χ0v) is 11.1. The van der Waals surface area contributed by atoms with Gasteiger partial charge in [0, 0.05) is 32.2 Å². The van der Waals surface area contributed by atoms with E-state index in [0.29, 0.717) is 13.2 Å².